The molecule has 120 valence electrons. The Kier molecular flexibility index (Phi) is 4.35. The van der Waals surface area contributed by atoms with Crippen LogP contribution in [0.2, 0.25) is 0 Å². The number of hydrogen-bond acceptors (Lipinski definition) is 6. The van der Waals surface area contributed by atoms with E-state index in [9.17, 15) is 0 Å². The van der Waals surface area contributed by atoms with Gasteiger partial charge < -0.3 is 0 Å². The zero-order chi connectivity index (χ0) is 16.5. The third kappa shape index (κ3) is 2.97. The molecule has 0 amide bonds. The van der Waals surface area contributed by atoms with Crippen LogP contribution >= 0.6 is 34.4 Å². The standard InChI is InChI=1S/C18H15N3S3/c1-11-12(2)24-18-15(11)17(19-10-20-18)23-9-14-8-22-16(21-14)13-6-4-3-5-7-13/h3-8,10H,9H2,1-2H3. The minimum atomic E-state index is 0.823. The monoisotopic (exact) mass is 369 g/mol. The molecule has 0 atom stereocenters. The van der Waals surface area contributed by atoms with E-state index < -0.39 is 0 Å². The molecule has 0 N–H and O–H groups in total. The third-order valence-electron chi connectivity index (χ3n) is 3.86. The molecule has 0 fully saturated rings. The summed E-state index contributed by atoms with van der Waals surface area (Å²) in [7, 11) is 0. The highest BCUT2D eigenvalue weighted by molar-refractivity contribution is 7.98. The summed E-state index contributed by atoms with van der Waals surface area (Å²) in [5.74, 6) is 0.823. The van der Waals surface area contributed by atoms with Crippen LogP contribution < -0.4 is 0 Å². The van der Waals surface area contributed by atoms with Crippen LogP contribution in [0.1, 0.15) is 16.1 Å². The van der Waals surface area contributed by atoms with E-state index in [0.29, 0.717) is 0 Å². The van der Waals surface area contributed by atoms with Crippen LogP contribution in [0.5, 0.6) is 0 Å². The van der Waals surface area contributed by atoms with Crippen molar-refractivity contribution in [2.24, 2.45) is 0 Å². The summed E-state index contributed by atoms with van der Waals surface area (Å²) >= 11 is 5.17. The van der Waals surface area contributed by atoms with Crippen LogP contribution in [0, 0.1) is 13.8 Å². The highest BCUT2D eigenvalue weighted by Crippen LogP contribution is 2.36. The summed E-state index contributed by atoms with van der Waals surface area (Å²) in [4.78, 5) is 16.0. The molecular formula is C18H15N3S3. The summed E-state index contributed by atoms with van der Waals surface area (Å²) in [6.07, 6.45) is 1.66. The van der Waals surface area contributed by atoms with Gasteiger partial charge in [0.15, 0.2) is 0 Å². The number of aromatic nitrogens is 3. The number of thioether (sulfide) groups is 1. The van der Waals surface area contributed by atoms with Crippen molar-refractivity contribution in [3.63, 3.8) is 0 Å². The molecule has 3 heterocycles. The maximum absolute atomic E-state index is 4.76. The van der Waals surface area contributed by atoms with Crippen LogP contribution in [0.25, 0.3) is 20.8 Å². The first-order valence-corrected chi connectivity index (χ1v) is 10.2. The van der Waals surface area contributed by atoms with Crippen LogP contribution in [0.3, 0.4) is 0 Å². The summed E-state index contributed by atoms with van der Waals surface area (Å²) < 4.78 is 0. The minimum absolute atomic E-state index is 0.823. The zero-order valence-corrected chi connectivity index (χ0v) is 15.8. The fourth-order valence-electron chi connectivity index (χ4n) is 2.49. The summed E-state index contributed by atoms with van der Waals surface area (Å²) in [6.45, 7) is 4.29. The topological polar surface area (TPSA) is 38.7 Å². The van der Waals surface area contributed by atoms with Crippen molar-refractivity contribution in [1.82, 2.24) is 15.0 Å². The molecule has 0 radical (unpaired) electrons. The maximum atomic E-state index is 4.76. The normalized spacial score (nSPS) is 11.2. The third-order valence-corrected chi connectivity index (χ3v) is 6.94. The molecular weight excluding hydrogens is 354 g/mol. The molecule has 0 saturated heterocycles. The molecule has 24 heavy (non-hydrogen) atoms. The second-order valence-electron chi connectivity index (χ2n) is 5.44. The Morgan fingerprint density at radius 1 is 1.08 bits per heavy atom. The van der Waals surface area contributed by atoms with Gasteiger partial charge in [0.25, 0.3) is 0 Å². The largest absolute Gasteiger partial charge is 0.240 e. The van der Waals surface area contributed by atoms with E-state index in [4.69, 9.17) is 4.98 Å². The molecule has 0 saturated carbocycles. The molecule has 0 aliphatic heterocycles. The molecule has 0 spiro atoms. The second kappa shape index (κ2) is 6.63. The van der Waals surface area contributed by atoms with Gasteiger partial charge >= 0.3 is 0 Å². The lowest BCUT2D eigenvalue weighted by molar-refractivity contribution is 1.10. The van der Waals surface area contributed by atoms with Gasteiger partial charge in [-0.2, -0.15) is 0 Å². The molecule has 4 aromatic rings. The van der Waals surface area contributed by atoms with Crippen molar-refractivity contribution in [1.29, 1.82) is 0 Å². The first kappa shape index (κ1) is 15.7. The molecule has 0 aliphatic carbocycles. The van der Waals surface area contributed by atoms with E-state index >= 15 is 0 Å². The molecule has 0 aliphatic rings. The Morgan fingerprint density at radius 2 is 1.92 bits per heavy atom. The highest BCUT2D eigenvalue weighted by atomic mass is 32.2. The molecule has 0 unspecified atom stereocenters. The van der Waals surface area contributed by atoms with Crippen LogP contribution in [0.4, 0.5) is 0 Å². The molecule has 1 aromatic carbocycles. The van der Waals surface area contributed by atoms with Crippen LogP contribution in [-0.4, -0.2) is 15.0 Å². The summed E-state index contributed by atoms with van der Waals surface area (Å²) in [6, 6.07) is 10.3. The maximum Gasteiger partial charge on any atom is 0.128 e. The van der Waals surface area contributed by atoms with Crippen molar-refractivity contribution < 1.29 is 0 Å². The van der Waals surface area contributed by atoms with Crippen molar-refractivity contribution >= 4 is 44.7 Å². The van der Waals surface area contributed by atoms with Crippen molar-refractivity contribution in [3.05, 3.63) is 58.2 Å². The summed E-state index contributed by atoms with van der Waals surface area (Å²) in [5, 5.41) is 5.46. The van der Waals surface area contributed by atoms with Crippen LogP contribution in [-0.2, 0) is 5.75 Å². The fraction of sp³-hybridized carbons (Fsp3) is 0.167. The van der Waals surface area contributed by atoms with E-state index in [-0.39, 0.29) is 0 Å². The van der Waals surface area contributed by atoms with E-state index in [0.717, 1.165) is 26.3 Å². The van der Waals surface area contributed by atoms with Crippen molar-refractivity contribution in [2.75, 3.05) is 0 Å². The SMILES string of the molecule is Cc1sc2ncnc(SCc3csc(-c4ccccc4)n3)c2c1C. The van der Waals surface area contributed by atoms with E-state index in [2.05, 4.69) is 41.3 Å². The van der Waals surface area contributed by atoms with Gasteiger partial charge in [0.05, 0.1) is 5.69 Å². The molecule has 4 rings (SSSR count). The van der Waals surface area contributed by atoms with Crippen molar-refractivity contribution in [2.45, 2.75) is 24.6 Å². The van der Waals surface area contributed by atoms with Crippen LogP contribution in [0.15, 0.2) is 47.1 Å². The molecule has 3 aromatic heterocycles. The Morgan fingerprint density at radius 3 is 2.75 bits per heavy atom. The lowest BCUT2D eigenvalue weighted by Crippen LogP contribution is -1.87. The molecule has 3 nitrogen and oxygen atoms in total. The number of thiophene rings is 1. The fourth-order valence-corrected chi connectivity index (χ4v) is 5.43. The first-order valence-electron chi connectivity index (χ1n) is 7.55. The Labute approximate surface area is 152 Å². The average molecular weight is 370 g/mol. The number of fused-ring (bicyclic) bond motifs is 1. The zero-order valence-electron chi connectivity index (χ0n) is 13.3. The number of aryl methyl sites for hydroxylation is 2. The number of nitrogens with zero attached hydrogens (tertiary/aromatic N) is 3. The molecule has 0 bridgehead atoms. The predicted molar refractivity (Wildman–Crippen MR) is 104 cm³/mol. The van der Waals surface area contributed by atoms with E-state index in [1.165, 1.54) is 21.4 Å². The van der Waals surface area contributed by atoms with Crippen molar-refractivity contribution in [3.8, 4) is 10.6 Å². The number of rotatable bonds is 4. The number of thiazole rings is 1. The van der Waals surface area contributed by atoms with Gasteiger partial charge in [-0.15, -0.1) is 22.7 Å². The smallest absolute Gasteiger partial charge is 0.128 e. The second-order valence-corrected chi connectivity index (χ2v) is 8.47. The first-order chi connectivity index (χ1) is 11.7. The number of benzene rings is 1. The van der Waals surface area contributed by atoms with Gasteiger partial charge in [-0.1, -0.05) is 42.1 Å². The van der Waals surface area contributed by atoms with Gasteiger partial charge in [0, 0.05) is 27.0 Å². The Hall–Kier alpha value is -1.76. The van der Waals surface area contributed by atoms with Gasteiger partial charge in [-0.25, -0.2) is 15.0 Å². The van der Waals surface area contributed by atoms with Gasteiger partial charge in [0.2, 0.25) is 0 Å². The number of hydrogen-bond donors (Lipinski definition) is 0. The lowest BCUT2D eigenvalue weighted by atomic mass is 10.2. The van der Waals surface area contributed by atoms with E-state index in [1.54, 1.807) is 40.8 Å². The highest BCUT2D eigenvalue weighted by Gasteiger charge is 2.13. The minimum Gasteiger partial charge on any atom is -0.240 e. The molecule has 6 heteroatoms. The average Bonchev–Trinajstić information content (AvgIpc) is 3.19. The quantitative estimate of drug-likeness (QED) is 0.340. The predicted octanol–water partition coefficient (Wildman–Crippen LogP) is 5.72. The Bertz CT molecular complexity index is 989. The Balaban J connectivity index is 1.57. The summed E-state index contributed by atoms with van der Waals surface area (Å²) in [5.41, 5.74) is 3.56. The van der Waals surface area contributed by atoms with Gasteiger partial charge in [-0.3, -0.25) is 0 Å². The lowest BCUT2D eigenvalue weighted by Gasteiger charge is -2.01. The van der Waals surface area contributed by atoms with E-state index in [1.807, 2.05) is 18.2 Å². The van der Waals surface area contributed by atoms with Gasteiger partial charge in [-0.05, 0) is 19.4 Å². The van der Waals surface area contributed by atoms with Gasteiger partial charge in [0.1, 0.15) is 21.2 Å².